The van der Waals surface area contributed by atoms with E-state index >= 15 is 0 Å². The van der Waals surface area contributed by atoms with E-state index in [0.29, 0.717) is 15.7 Å². The van der Waals surface area contributed by atoms with Gasteiger partial charge < -0.3 is 16.0 Å². The van der Waals surface area contributed by atoms with E-state index in [1.165, 1.54) is 0 Å². The standard InChI is InChI=1S/C12H15Cl2N3O/c13-8-1-2-10(14)11(7-8)17-12(18)16-9-3-5-15-6-4-9/h1-2,7,9,15H,3-6H2,(H2,16,17,18). The van der Waals surface area contributed by atoms with Gasteiger partial charge in [0.05, 0.1) is 10.7 Å². The number of halogens is 2. The van der Waals surface area contributed by atoms with Crippen molar-refractivity contribution in [1.29, 1.82) is 0 Å². The van der Waals surface area contributed by atoms with E-state index in [9.17, 15) is 4.79 Å². The molecular formula is C12H15Cl2N3O. The number of benzene rings is 1. The highest BCUT2D eigenvalue weighted by molar-refractivity contribution is 6.35. The molecule has 18 heavy (non-hydrogen) atoms. The van der Waals surface area contributed by atoms with Crippen LogP contribution >= 0.6 is 23.2 Å². The smallest absolute Gasteiger partial charge is 0.319 e. The molecule has 0 radical (unpaired) electrons. The minimum atomic E-state index is -0.244. The van der Waals surface area contributed by atoms with Crippen LogP contribution in [0.25, 0.3) is 0 Å². The number of hydrogen-bond donors (Lipinski definition) is 3. The van der Waals surface area contributed by atoms with E-state index in [4.69, 9.17) is 23.2 Å². The van der Waals surface area contributed by atoms with Crippen molar-refractivity contribution in [3.63, 3.8) is 0 Å². The van der Waals surface area contributed by atoms with E-state index in [1.54, 1.807) is 18.2 Å². The van der Waals surface area contributed by atoms with Gasteiger partial charge in [0.25, 0.3) is 0 Å². The molecular weight excluding hydrogens is 273 g/mol. The zero-order valence-electron chi connectivity index (χ0n) is 9.80. The number of carbonyl (C=O) groups is 1. The molecule has 0 saturated carbocycles. The van der Waals surface area contributed by atoms with E-state index in [0.717, 1.165) is 25.9 Å². The van der Waals surface area contributed by atoms with Crippen LogP contribution in [0.4, 0.5) is 10.5 Å². The van der Waals surface area contributed by atoms with Gasteiger partial charge in [-0.3, -0.25) is 0 Å². The number of piperidine rings is 1. The number of rotatable bonds is 2. The lowest BCUT2D eigenvalue weighted by Crippen LogP contribution is -2.44. The monoisotopic (exact) mass is 287 g/mol. The number of carbonyl (C=O) groups excluding carboxylic acids is 1. The predicted octanol–water partition coefficient (Wildman–Crippen LogP) is 2.87. The van der Waals surface area contributed by atoms with Gasteiger partial charge in [-0.15, -0.1) is 0 Å². The number of hydrogen-bond acceptors (Lipinski definition) is 2. The normalized spacial score (nSPS) is 16.3. The molecule has 0 aliphatic carbocycles. The fourth-order valence-corrected chi connectivity index (χ4v) is 2.24. The van der Waals surface area contributed by atoms with Gasteiger partial charge >= 0.3 is 6.03 Å². The average molecular weight is 288 g/mol. The quantitative estimate of drug-likeness (QED) is 0.783. The topological polar surface area (TPSA) is 53.2 Å². The van der Waals surface area contributed by atoms with Gasteiger partial charge in [-0.1, -0.05) is 23.2 Å². The Morgan fingerprint density at radius 2 is 2.00 bits per heavy atom. The average Bonchev–Trinajstić information content (AvgIpc) is 2.35. The summed E-state index contributed by atoms with van der Waals surface area (Å²) in [6.45, 7) is 1.87. The summed E-state index contributed by atoms with van der Waals surface area (Å²) in [7, 11) is 0. The van der Waals surface area contributed by atoms with E-state index in [2.05, 4.69) is 16.0 Å². The predicted molar refractivity (Wildman–Crippen MR) is 74.5 cm³/mol. The first-order chi connectivity index (χ1) is 8.65. The molecule has 2 rings (SSSR count). The minimum Gasteiger partial charge on any atom is -0.335 e. The molecule has 1 fully saturated rings. The molecule has 1 aromatic rings. The van der Waals surface area contributed by atoms with Crippen LogP contribution in [0.3, 0.4) is 0 Å². The maximum absolute atomic E-state index is 11.8. The molecule has 0 spiro atoms. The van der Waals surface area contributed by atoms with Gasteiger partial charge in [-0.25, -0.2) is 4.79 Å². The third-order valence-electron chi connectivity index (χ3n) is 2.85. The summed E-state index contributed by atoms with van der Waals surface area (Å²) in [5.41, 5.74) is 0.524. The van der Waals surface area contributed by atoms with Gasteiger partial charge in [-0.05, 0) is 44.1 Å². The van der Waals surface area contributed by atoms with Crippen molar-refractivity contribution in [2.45, 2.75) is 18.9 Å². The molecule has 4 nitrogen and oxygen atoms in total. The van der Waals surface area contributed by atoms with Crippen molar-refractivity contribution in [1.82, 2.24) is 10.6 Å². The zero-order chi connectivity index (χ0) is 13.0. The lowest BCUT2D eigenvalue weighted by molar-refractivity contribution is 0.245. The number of nitrogens with one attached hydrogen (secondary N) is 3. The molecule has 1 heterocycles. The van der Waals surface area contributed by atoms with Crippen LogP contribution in [0.5, 0.6) is 0 Å². The van der Waals surface area contributed by atoms with E-state index < -0.39 is 0 Å². The minimum absolute atomic E-state index is 0.212. The Morgan fingerprint density at radius 1 is 1.28 bits per heavy atom. The van der Waals surface area contributed by atoms with Crippen molar-refractivity contribution in [3.8, 4) is 0 Å². The van der Waals surface area contributed by atoms with Crippen molar-refractivity contribution in [2.24, 2.45) is 0 Å². The van der Waals surface area contributed by atoms with Crippen LogP contribution in [0.2, 0.25) is 10.0 Å². The molecule has 0 aromatic heterocycles. The van der Waals surface area contributed by atoms with Crippen molar-refractivity contribution < 1.29 is 4.79 Å². The first kappa shape index (κ1) is 13.5. The summed E-state index contributed by atoms with van der Waals surface area (Å²) < 4.78 is 0. The second-order valence-electron chi connectivity index (χ2n) is 4.25. The summed E-state index contributed by atoms with van der Waals surface area (Å²) in [5.74, 6) is 0. The van der Waals surface area contributed by atoms with Crippen molar-refractivity contribution in [3.05, 3.63) is 28.2 Å². The number of anilines is 1. The summed E-state index contributed by atoms with van der Waals surface area (Å²) in [6.07, 6.45) is 1.88. The molecule has 1 aliphatic rings. The molecule has 1 aromatic carbocycles. The third kappa shape index (κ3) is 3.77. The largest absolute Gasteiger partial charge is 0.335 e. The van der Waals surface area contributed by atoms with Crippen LogP contribution < -0.4 is 16.0 Å². The SMILES string of the molecule is O=C(Nc1cc(Cl)ccc1Cl)NC1CCNCC1. The Bertz CT molecular complexity index is 433. The Kier molecular flexibility index (Phi) is 4.69. The Morgan fingerprint density at radius 3 is 2.72 bits per heavy atom. The van der Waals surface area contributed by atoms with Gasteiger partial charge in [0, 0.05) is 11.1 Å². The maximum atomic E-state index is 11.8. The molecule has 0 bridgehead atoms. The van der Waals surface area contributed by atoms with E-state index in [-0.39, 0.29) is 12.1 Å². The first-order valence-electron chi connectivity index (χ1n) is 5.88. The van der Waals surface area contributed by atoms with Crippen LogP contribution in [0.15, 0.2) is 18.2 Å². The lowest BCUT2D eigenvalue weighted by atomic mass is 10.1. The van der Waals surface area contributed by atoms with E-state index in [1.807, 2.05) is 0 Å². The second-order valence-corrected chi connectivity index (χ2v) is 5.09. The molecule has 0 unspecified atom stereocenters. The van der Waals surface area contributed by atoms with Crippen LogP contribution in [-0.4, -0.2) is 25.2 Å². The number of urea groups is 1. The highest BCUT2D eigenvalue weighted by Crippen LogP contribution is 2.25. The highest BCUT2D eigenvalue weighted by Gasteiger charge is 2.15. The summed E-state index contributed by atoms with van der Waals surface area (Å²) in [6, 6.07) is 4.94. The Balaban J connectivity index is 1.92. The van der Waals surface area contributed by atoms with Gasteiger partial charge in [-0.2, -0.15) is 0 Å². The zero-order valence-corrected chi connectivity index (χ0v) is 11.3. The molecule has 98 valence electrons. The molecule has 1 aliphatic heterocycles. The van der Waals surface area contributed by atoms with Crippen molar-refractivity contribution in [2.75, 3.05) is 18.4 Å². The van der Waals surface area contributed by atoms with Crippen LogP contribution in [0.1, 0.15) is 12.8 Å². The highest BCUT2D eigenvalue weighted by atomic mass is 35.5. The van der Waals surface area contributed by atoms with Gasteiger partial charge in [0.15, 0.2) is 0 Å². The fourth-order valence-electron chi connectivity index (χ4n) is 1.90. The summed E-state index contributed by atoms with van der Waals surface area (Å²) in [4.78, 5) is 11.8. The van der Waals surface area contributed by atoms with Crippen LogP contribution in [-0.2, 0) is 0 Å². The maximum Gasteiger partial charge on any atom is 0.319 e. The molecule has 1 saturated heterocycles. The second kappa shape index (κ2) is 6.27. The van der Waals surface area contributed by atoms with Crippen LogP contribution in [0, 0.1) is 0 Å². The first-order valence-corrected chi connectivity index (χ1v) is 6.64. The molecule has 2 amide bonds. The lowest BCUT2D eigenvalue weighted by Gasteiger charge is -2.23. The molecule has 3 N–H and O–H groups in total. The van der Waals surface area contributed by atoms with Gasteiger partial charge in [0.2, 0.25) is 0 Å². The van der Waals surface area contributed by atoms with Crippen molar-refractivity contribution >= 4 is 34.9 Å². The third-order valence-corrected chi connectivity index (χ3v) is 3.42. The Hall–Kier alpha value is -0.970. The summed E-state index contributed by atoms with van der Waals surface area (Å²) in [5, 5.41) is 9.89. The molecule has 6 heteroatoms. The number of amides is 2. The van der Waals surface area contributed by atoms with Gasteiger partial charge in [0.1, 0.15) is 0 Å². The fraction of sp³-hybridized carbons (Fsp3) is 0.417. The Labute approximate surface area is 116 Å². The summed E-state index contributed by atoms with van der Waals surface area (Å²) >= 11 is 11.8. The molecule has 0 atom stereocenters.